The minimum absolute atomic E-state index is 0.135. The fraction of sp³-hybridized carbons (Fsp3) is 0.667. The summed E-state index contributed by atoms with van der Waals surface area (Å²) in [4.78, 5) is 30.5. The van der Waals surface area contributed by atoms with Gasteiger partial charge in [0.05, 0.1) is 18.3 Å². The van der Waals surface area contributed by atoms with Crippen molar-refractivity contribution in [2.75, 3.05) is 14.1 Å². The summed E-state index contributed by atoms with van der Waals surface area (Å²) in [5.41, 5.74) is 0. The Hall–Kier alpha value is -1.39. The third kappa shape index (κ3) is 0.981. The number of nitrogens with zero attached hydrogens (tertiary/aromatic N) is 3. The fourth-order valence-corrected chi connectivity index (χ4v) is 2.06. The number of rotatable bonds is 0. The molecule has 0 aliphatic carbocycles. The van der Waals surface area contributed by atoms with Crippen molar-refractivity contribution in [3.63, 3.8) is 0 Å². The SMILES string of the molecule is CC1C(=O)N(C)C(=O)C2C1N=CN2C. The van der Waals surface area contributed by atoms with E-state index in [1.165, 1.54) is 11.9 Å². The third-order valence-electron chi connectivity index (χ3n) is 3.00. The van der Waals surface area contributed by atoms with Crippen LogP contribution in [0.2, 0.25) is 0 Å². The highest BCUT2D eigenvalue weighted by Gasteiger charge is 2.48. The number of fused-ring (bicyclic) bond motifs is 1. The standard InChI is InChI=1S/C9H13N3O2/c1-5-6-7(11(2)4-10-6)9(14)12(3)8(5)13/h4-7H,1-3H3. The Morgan fingerprint density at radius 3 is 2.57 bits per heavy atom. The predicted molar refractivity (Wildman–Crippen MR) is 50.8 cm³/mol. The van der Waals surface area contributed by atoms with Crippen LogP contribution < -0.4 is 0 Å². The van der Waals surface area contributed by atoms with Gasteiger partial charge < -0.3 is 4.90 Å². The van der Waals surface area contributed by atoms with E-state index >= 15 is 0 Å². The van der Waals surface area contributed by atoms with Gasteiger partial charge in [-0.25, -0.2) is 0 Å². The van der Waals surface area contributed by atoms with Gasteiger partial charge in [0.1, 0.15) is 6.04 Å². The van der Waals surface area contributed by atoms with Crippen molar-refractivity contribution in [1.82, 2.24) is 9.80 Å². The fourth-order valence-electron chi connectivity index (χ4n) is 2.06. The lowest BCUT2D eigenvalue weighted by atomic mass is 9.89. The quantitative estimate of drug-likeness (QED) is 0.482. The minimum Gasteiger partial charge on any atom is -0.352 e. The third-order valence-corrected chi connectivity index (χ3v) is 3.00. The predicted octanol–water partition coefficient (Wildman–Crippen LogP) is -0.668. The number of hydrogen-bond acceptors (Lipinski definition) is 4. The molecule has 2 amide bonds. The Balaban J connectivity index is 2.35. The van der Waals surface area contributed by atoms with Gasteiger partial charge in [-0.1, -0.05) is 6.92 Å². The van der Waals surface area contributed by atoms with Crippen molar-refractivity contribution in [2.45, 2.75) is 19.0 Å². The second-order valence-corrected chi connectivity index (χ2v) is 3.89. The first-order valence-corrected chi connectivity index (χ1v) is 4.60. The summed E-state index contributed by atoms with van der Waals surface area (Å²) in [7, 11) is 3.34. The molecule has 2 rings (SSSR count). The molecule has 5 nitrogen and oxygen atoms in total. The lowest BCUT2D eigenvalue weighted by Gasteiger charge is -2.36. The number of likely N-dealkylation sites (tertiary alicyclic amines) is 1. The van der Waals surface area contributed by atoms with Crippen LogP contribution >= 0.6 is 0 Å². The Bertz CT molecular complexity index is 326. The molecular formula is C9H13N3O2. The second-order valence-electron chi connectivity index (χ2n) is 3.89. The summed E-state index contributed by atoms with van der Waals surface area (Å²) < 4.78 is 0. The van der Waals surface area contributed by atoms with Gasteiger partial charge in [-0.05, 0) is 0 Å². The molecule has 2 aliphatic heterocycles. The molecule has 0 spiro atoms. The summed E-state index contributed by atoms with van der Waals surface area (Å²) >= 11 is 0. The normalized spacial score (nSPS) is 36.6. The minimum atomic E-state index is -0.285. The van der Waals surface area contributed by atoms with E-state index in [0.29, 0.717) is 0 Å². The van der Waals surface area contributed by atoms with Gasteiger partial charge in [-0.2, -0.15) is 0 Å². The molecule has 0 N–H and O–H groups in total. The van der Waals surface area contributed by atoms with Crippen LogP contribution in [0.4, 0.5) is 0 Å². The molecule has 2 heterocycles. The first-order valence-electron chi connectivity index (χ1n) is 4.60. The molecule has 5 heteroatoms. The molecule has 0 saturated carbocycles. The summed E-state index contributed by atoms with van der Waals surface area (Å²) in [5.74, 6) is -0.495. The summed E-state index contributed by atoms with van der Waals surface area (Å²) in [6.45, 7) is 1.82. The zero-order valence-corrected chi connectivity index (χ0v) is 8.47. The van der Waals surface area contributed by atoms with E-state index in [1.54, 1.807) is 11.2 Å². The highest BCUT2D eigenvalue weighted by atomic mass is 16.2. The van der Waals surface area contributed by atoms with Crippen LogP contribution in [0, 0.1) is 5.92 Å². The van der Waals surface area contributed by atoms with Crippen molar-refractivity contribution in [3.05, 3.63) is 0 Å². The summed E-state index contributed by atoms with van der Waals surface area (Å²) in [6.07, 6.45) is 1.64. The number of hydrogen-bond donors (Lipinski definition) is 0. The van der Waals surface area contributed by atoms with Gasteiger partial charge in [0.2, 0.25) is 5.91 Å². The Morgan fingerprint density at radius 2 is 1.93 bits per heavy atom. The van der Waals surface area contributed by atoms with Crippen molar-refractivity contribution < 1.29 is 9.59 Å². The topological polar surface area (TPSA) is 53.0 Å². The van der Waals surface area contributed by atoms with Crippen LogP contribution in [-0.2, 0) is 9.59 Å². The molecule has 0 radical (unpaired) electrons. The zero-order chi connectivity index (χ0) is 10.5. The number of likely N-dealkylation sites (N-methyl/N-ethyl adjacent to an activating group) is 2. The molecule has 76 valence electrons. The van der Waals surface area contributed by atoms with Crippen LogP contribution in [0.25, 0.3) is 0 Å². The van der Waals surface area contributed by atoms with E-state index < -0.39 is 0 Å². The van der Waals surface area contributed by atoms with E-state index in [-0.39, 0.29) is 29.8 Å². The molecule has 0 aromatic heterocycles. The van der Waals surface area contributed by atoms with Gasteiger partial charge in [-0.15, -0.1) is 0 Å². The molecule has 2 aliphatic rings. The first kappa shape index (κ1) is 9.18. The molecular weight excluding hydrogens is 182 g/mol. The smallest absolute Gasteiger partial charge is 0.253 e. The van der Waals surface area contributed by atoms with Crippen LogP contribution in [0.5, 0.6) is 0 Å². The number of carbonyl (C=O) groups excluding carboxylic acids is 2. The van der Waals surface area contributed by atoms with Crippen LogP contribution in [0.15, 0.2) is 4.99 Å². The number of amides is 2. The van der Waals surface area contributed by atoms with Gasteiger partial charge in [-0.3, -0.25) is 19.5 Å². The monoisotopic (exact) mass is 195 g/mol. The number of imide groups is 1. The molecule has 0 aromatic carbocycles. The van der Waals surface area contributed by atoms with E-state index in [9.17, 15) is 9.59 Å². The van der Waals surface area contributed by atoms with E-state index in [1.807, 2.05) is 14.0 Å². The van der Waals surface area contributed by atoms with Gasteiger partial charge in [0.25, 0.3) is 5.91 Å². The molecule has 3 unspecified atom stereocenters. The lowest BCUT2D eigenvalue weighted by Crippen LogP contribution is -2.59. The maximum absolute atomic E-state index is 11.8. The first-order chi connectivity index (χ1) is 6.54. The molecule has 14 heavy (non-hydrogen) atoms. The number of carbonyl (C=O) groups is 2. The van der Waals surface area contributed by atoms with Gasteiger partial charge in [0, 0.05) is 14.1 Å². The van der Waals surface area contributed by atoms with E-state index in [4.69, 9.17) is 0 Å². The average Bonchev–Trinajstić information content (AvgIpc) is 2.54. The number of aliphatic imine (C=N–C) groups is 1. The van der Waals surface area contributed by atoms with Crippen molar-refractivity contribution >= 4 is 18.2 Å². The second kappa shape index (κ2) is 2.80. The molecule has 0 aromatic rings. The maximum atomic E-state index is 11.8. The van der Waals surface area contributed by atoms with Crippen LogP contribution in [-0.4, -0.2) is 54.1 Å². The highest BCUT2D eigenvalue weighted by molar-refractivity contribution is 6.03. The van der Waals surface area contributed by atoms with Crippen molar-refractivity contribution in [1.29, 1.82) is 0 Å². The Morgan fingerprint density at radius 1 is 1.29 bits per heavy atom. The largest absolute Gasteiger partial charge is 0.352 e. The van der Waals surface area contributed by atoms with Crippen LogP contribution in [0.1, 0.15) is 6.92 Å². The van der Waals surface area contributed by atoms with E-state index in [0.717, 1.165) is 0 Å². The molecule has 3 atom stereocenters. The lowest BCUT2D eigenvalue weighted by molar-refractivity contribution is -0.153. The molecule has 0 bridgehead atoms. The number of piperidine rings is 1. The van der Waals surface area contributed by atoms with Gasteiger partial charge in [0.15, 0.2) is 0 Å². The Kier molecular flexibility index (Phi) is 1.83. The molecule has 1 saturated heterocycles. The Labute approximate surface area is 82.4 Å². The average molecular weight is 195 g/mol. The zero-order valence-electron chi connectivity index (χ0n) is 8.47. The van der Waals surface area contributed by atoms with Gasteiger partial charge >= 0.3 is 0 Å². The molecule has 1 fully saturated rings. The maximum Gasteiger partial charge on any atom is 0.253 e. The van der Waals surface area contributed by atoms with E-state index in [2.05, 4.69) is 4.99 Å². The van der Waals surface area contributed by atoms with Crippen LogP contribution in [0.3, 0.4) is 0 Å². The highest BCUT2D eigenvalue weighted by Crippen LogP contribution is 2.27. The summed E-state index contributed by atoms with van der Waals surface area (Å²) in [5, 5.41) is 0. The summed E-state index contributed by atoms with van der Waals surface area (Å²) in [6, 6.07) is -0.483. The van der Waals surface area contributed by atoms with Crippen molar-refractivity contribution in [2.24, 2.45) is 10.9 Å². The van der Waals surface area contributed by atoms with Crippen molar-refractivity contribution in [3.8, 4) is 0 Å².